The molecule has 0 amide bonds. The maximum absolute atomic E-state index is 12.6. The fourth-order valence-corrected chi connectivity index (χ4v) is 3.17. The molecule has 0 unspecified atom stereocenters. The number of hydrogen-bond donors (Lipinski definition) is 3. The molecule has 0 aliphatic heterocycles. The number of guanidine groups is 1. The molecule has 0 atom stereocenters. The largest absolute Gasteiger partial charge is 0.391 e. The summed E-state index contributed by atoms with van der Waals surface area (Å²) in [5.74, 6) is -0.267. The Morgan fingerprint density at radius 3 is 2.22 bits per heavy atom. The van der Waals surface area contributed by atoms with Gasteiger partial charge in [0.1, 0.15) is 0 Å². The Hall–Kier alpha value is -0.250. The fourth-order valence-electron chi connectivity index (χ4n) is 3.17. The van der Waals surface area contributed by atoms with Gasteiger partial charge in [-0.05, 0) is 50.9 Å². The minimum Gasteiger partial charge on any atom is -0.388 e. The van der Waals surface area contributed by atoms with Crippen molar-refractivity contribution in [1.29, 1.82) is 0 Å². The first kappa shape index (κ1) is 20.8. The van der Waals surface area contributed by atoms with Crippen molar-refractivity contribution in [2.75, 3.05) is 20.1 Å². The van der Waals surface area contributed by atoms with E-state index in [1.54, 1.807) is 7.05 Å². The Kier molecular flexibility index (Phi) is 7.89. The van der Waals surface area contributed by atoms with Crippen LogP contribution in [0.4, 0.5) is 13.2 Å². The highest BCUT2D eigenvalue weighted by Crippen LogP contribution is 2.39. The van der Waals surface area contributed by atoms with Crippen molar-refractivity contribution in [1.82, 2.24) is 10.6 Å². The van der Waals surface area contributed by atoms with E-state index in [1.165, 1.54) is 0 Å². The van der Waals surface area contributed by atoms with Gasteiger partial charge in [0.25, 0.3) is 0 Å². The summed E-state index contributed by atoms with van der Waals surface area (Å²) >= 11 is 0. The molecule has 0 bridgehead atoms. The maximum Gasteiger partial charge on any atom is 0.391 e. The highest BCUT2D eigenvalue weighted by Gasteiger charge is 2.41. The molecule has 0 aromatic carbocycles. The zero-order chi connectivity index (χ0) is 16.2. The molecule has 2 fully saturated rings. The van der Waals surface area contributed by atoms with Crippen LogP contribution in [0.2, 0.25) is 0 Å². The lowest BCUT2D eigenvalue weighted by atomic mass is 9.80. The smallest absolute Gasteiger partial charge is 0.388 e. The van der Waals surface area contributed by atoms with Crippen LogP contribution in [0.15, 0.2) is 4.99 Å². The Morgan fingerprint density at radius 2 is 1.78 bits per heavy atom. The lowest BCUT2D eigenvalue weighted by Gasteiger charge is -2.37. The van der Waals surface area contributed by atoms with Gasteiger partial charge in [-0.1, -0.05) is 0 Å². The third kappa shape index (κ3) is 6.28. The molecular formula is C15H27F3IN3O. The van der Waals surface area contributed by atoms with Crippen LogP contribution in [-0.2, 0) is 0 Å². The lowest BCUT2D eigenvalue weighted by Crippen LogP contribution is -2.51. The second kappa shape index (κ2) is 8.73. The Balaban J connectivity index is 0.00000264. The molecule has 8 heteroatoms. The summed E-state index contributed by atoms with van der Waals surface area (Å²) in [6, 6.07) is 0. The Bertz CT molecular complexity index is 392. The number of hydrogen-bond acceptors (Lipinski definition) is 2. The highest BCUT2D eigenvalue weighted by atomic mass is 127. The van der Waals surface area contributed by atoms with Gasteiger partial charge in [-0.15, -0.1) is 24.0 Å². The van der Waals surface area contributed by atoms with E-state index in [1.807, 2.05) is 0 Å². The van der Waals surface area contributed by atoms with Crippen molar-refractivity contribution in [3.8, 4) is 0 Å². The molecule has 2 saturated carbocycles. The van der Waals surface area contributed by atoms with E-state index in [2.05, 4.69) is 15.6 Å². The molecule has 0 aromatic heterocycles. The van der Waals surface area contributed by atoms with Crippen molar-refractivity contribution >= 4 is 29.9 Å². The molecule has 2 aliphatic rings. The highest BCUT2D eigenvalue weighted by molar-refractivity contribution is 14.0. The van der Waals surface area contributed by atoms with Crippen LogP contribution in [0.25, 0.3) is 0 Å². The van der Waals surface area contributed by atoms with Gasteiger partial charge in [-0.3, -0.25) is 4.99 Å². The lowest BCUT2D eigenvalue weighted by molar-refractivity contribution is -0.183. The van der Waals surface area contributed by atoms with Gasteiger partial charge < -0.3 is 15.7 Å². The van der Waals surface area contributed by atoms with Crippen LogP contribution in [0.1, 0.15) is 44.9 Å². The molecule has 3 N–H and O–H groups in total. The summed E-state index contributed by atoms with van der Waals surface area (Å²) in [4.78, 5) is 4.09. The molecule has 0 radical (unpaired) electrons. The molecule has 0 heterocycles. The van der Waals surface area contributed by atoms with Gasteiger partial charge >= 0.3 is 6.18 Å². The van der Waals surface area contributed by atoms with Crippen molar-refractivity contribution in [3.63, 3.8) is 0 Å². The molecule has 4 nitrogen and oxygen atoms in total. The van der Waals surface area contributed by atoms with Crippen LogP contribution in [0.3, 0.4) is 0 Å². The van der Waals surface area contributed by atoms with Crippen molar-refractivity contribution in [2.45, 2.75) is 56.7 Å². The summed E-state index contributed by atoms with van der Waals surface area (Å²) < 4.78 is 37.9. The van der Waals surface area contributed by atoms with Gasteiger partial charge in [0, 0.05) is 20.1 Å². The van der Waals surface area contributed by atoms with E-state index in [0.29, 0.717) is 31.9 Å². The van der Waals surface area contributed by atoms with Gasteiger partial charge in [0.05, 0.1) is 11.5 Å². The van der Waals surface area contributed by atoms with E-state index in [4.69, 9.17) is 0 Å². The number of aliphatic hydroxyl groups is 1. The van der Waals surface area contributed by atoms with Crippen LogP contribution < -0.4 is 10.6 Å². The van der Waals surface area contributed by atoms with E-state index < -0.39 is 17.7 Å². The molecule has 0 spiro atoms. The minimum absolute atomic E-state index is 0. The van der Waals surface area contributed by atoms with Crippen LogP contribution in [0, 0.1) is 11.8 Å². The average molecular weight is 449 g/mol. The van der Waals surface area contributed by atoms with Gasteiger partial charge in [0.15, 0.2) is 5.96 Å². The molecule has 2 aliphatic carbocycles. The molecule has 0 saturated heterocycles. The number of alkyl halides is 3. The molecular weight excluding hydrogens is 422 g/mol. The number of nitrogens with zero attached hydrogens (tertiary/aromatic N) is 1. The van der Waals surface area contributed by atoms with Gasteiger partial charge in [-0.25, -0.2) is 0 Å². The second-order valence-corrected chi connectivity index (χ2v) is 6.64. The average Bonchev–Trinajstić information content (AvgIpc) is 2.45. The maximum atomic E-state index is 12.6. The number of aliphatic imine (C=N–C) groups is 1. The predicted molar refractivity (Wildman–Crippen MR) is 95.1 cm³/mol. The normalized spacial score (nSPS) is 27.6. The molecule has 23 heavy (non-hydrogen) atoms. The summed E-state index contributed by atoms with van der Waals surface area (Å²) in [5, 5.41) is 16.3. The summed E-state index contributed by atoms with van der Waals surface area (Å²) in [5.41, 5.74) is -0.623. The summed E-state index contributed by atoms with van der Waals surface area (Å²) in [6.45, 7) is 1.09. The monoisotopic (exact) mass is 449 g/mol. The quantitative estimate of drug-likeness (QED) is 0.352. The van der Waals surface area contributed by atoms with E-state index in [0.717, 1.165) is 19.3 Å². The molecule has 2 rings (SSSR count). The predicted octanol–water partition coefficient (Wildman–Crippen LogP) is 3.05. The standard InChI is InChI=1S/C15H26F3N3O.HI/c1-19-13(21-10-14(22)7-2-8-14)20-9-11-3-5-12(6-4-11)15(16,17)18;/h11-12,22H,2-10H2,1H3,(H2,19,20,21);1H. The van der Waals surface area contributed by atoms with E-state index >= 15 is 0 Å². The van der Waals surface area contributed by atoms with Crippen LogP contribution in [-0.4, -0.2) is 43.0 Å². The van der Waals surface area contributed by atoms with E-state index in [-0.39, 0.29) is 42.7 Å². The fraction of sp³-hybridized carbons (Fsp3) is 0.933. The first-order valence-corrected chi connectivity index (χ1v) is 8.06. The van der Waals surface area contributed by atoms with Crippen LogP contribution in [0.5, 0.6) is 0 Å². The number of halogens is 4. The zero-order valence-electron chi connectivity index (χ0n) is 13.5. The SMILES string of the molecule is CN=C(NCC1CCC(C(F)(F)F)CC1)NCC1(O)CCC1.I. The zero-order valence-corrected chi connectivity index (χ0v) is 15.8. The van der Waals surface area contributed by atoms with Crippen LogP contribution >= 0.6 is 24.0 Å². The topological polar surface area (TPSA) is 56.7 Å². The summed E-state index contributed by atoms with van der Waals surface area (Å²) in [7, 11) is 1.65. The molecule has 0 aromatic rings. The van der Waals surface area contributed by atoms with Gasteiger partial charge in [0.2, 0.25) is 0 Å². The van der Waals surface area contributed by atoms with Crippen molar-refractivity contribution in [3.05, 3.63) is 0 Å². The molecule has 136 valence electrons. The first-order valence-electron chi connectivity index (χ1n) is 8.06. The van der Waals surface area contributed by atoms with Crippen molar-refractivity contribution in [2.24, 2.45) is 16.8 Å². The van der Waals surface area contributed by atoms with Gasteiger partial charge in [-0.2, -0.15) is 13.2 Å². The summed E-state index contributed by atoms with van der Waals surface area (Å²) in [6.07, 6.45) is 0.247. The number of rotatable bonds is 4. The van der Waals surface area contributed by atoms with E-state index in [9.17, 15) is 18.3 Å². The third-order valence-corrected chi connectivity index (χ3v) is 4.96. The second-order valence-electron chi connectivity index (χ2n) is 6.64. The third-order valence-electron chi connectivity index (χ3n) is 4.96. The number of nitrogens with one attached hydrogen (secondary N) is 2. The Morgan fingerprint density at radius 1 is 1.17 bits per heavy atom. The minimum atomic E-state index is -4.05. The van der Waals surface area contributed by atoms with Crippen molar-refractivity contribution < 1.29 is 18.3 Å². The Labute approximate surface area is 152 Å². The first-order chi connectivity index (χ1) is 10.3.